The number of carbonyl (C=O) groups is 1. The van der Waals surface area contributed by atoms with Gasteiger partial charge in [-0.05, 0) is 44.7 Å². The number of hydrogen-bond donors (Lipinski definition) is 1. The van der Waals surface area contributed by atoms with Crippen LogP contribution in [-0.4, -0.2) is 16.5 Å². The summed E-state index contributed by atoms with van der Waals surface area (Å²) in [6, 6.07) is 4.89. The van der Waals surface area contributed by atoms with Crippen LogP contribution in [0.1, 0.15) is 31.1 Å². The van der Waals surface area contributed by atoms with Crippen molar-refractivity contribution in [3.8, 4) is 0 Å². The second kappa shape index (κ2) is 5.44. The first-order valence-corrected chi connectivity index (χ1v) is 6.07. The number of rotatable bonds is 2. The maximum Gasteiger partial charge on any atom is 0.271 e. The quantitative estimate of drug-likeness (QED) is 0.663. The summed E-state index contributed by atoms with van der Waals surface area (Å²) in [6.07, 6.45) is 0. The van der Waals surface area contributed by atoms with Crippen LogP contribution in [0.15, 0.2) is 18.2 Å². The van der Waals surface area contributed by atoms with Crippen molar-refractivity contribution in [3.05, 3.63) is 33.8 Å². The van der Waals surface area contributed by atoms with Gasteiger partial charge in [-0.2, -0.15) is 0 Å². The lowest BCUT2D eigenvalue weighted by atomic mass is 10.1. The van der Waals surface area contributed by atoms with E-state index in [1.54, 1.807) is 18.2 Å². The Hall–Kier alpha value is -0.480. The first-order valence-electron chi connectivity index (χ1n) is 4.94. The van der Waals surface area contributed by atoms with Gasteiger partial charge in [0.15, 0.2) is 0 Å². The third-order valence-corrected chi connectivity index (χ3v) is 3.13. The Bertz CT molecular complexity index is 429. The fourth-order valence-corrected chi connectivity index (χ4v) is 1.97. The lowest BCUT2D eigenvalue weighted by molar-refractivity contribution is 0.0516. The Balaban J connectivity index is 3.16. The average molecular weight is 296 g/mol. The van der Waals surface area contributed by atoms with Gasteiger partial charge in [-0.1, -0.05) is 29.3 Å². The van der Waals surface area contributed by atoms with E-state index in [0.29, 0.717) is 10.6 Å². The molecule has 1 N–H and O–H groups in total. The van der Waals surface area contributed by atoms with Crippen molar-refractivity contribution in [2.24, 2.45) is 0 Å². The second-order valence-corrected chi connectivity index (χ2v) is 5.45. The summed E-state index contributed by atoms with van der Waals surface area (Å²) < 4.78 is 0. The number of carbonyl (C=O) groups excluding carboxylic acids is 1. The molecular weight excluding hydrogens is 282 g/mol. The van der Waals surface area contributed by atoms with Crippen LogP contribution in [0.25, 0.3) is 0 Å². The number of hydrogen-bond acceptors (Lipinski definition) is 2. The van der Waals surface area contributed by atoms with Gasteiger partial charge in [-0.3, -0.25) is 9.80 Å². The molecule has 0 spiro atoms. The molecule has 17 heavy (non-hydrogen) atoms. The lowest BCUT2D eigenvalue weighted by Gasteiger charge is -2.33. The monoisotopic (exact) mass is 294 g/mol. The summed E-state index contributed by atoms with van der Waals surface area (Å²) in [5.74, 6) is -0.333. The predicted octanol–water partition coefficient (Wildman–Crippen LogP) is 3.89. The predicted molar refractivity (Wildman–Crippen MR) is 71.4 cm³/mol. The largest absolute Gasteiger partial charge is 0.271 e. The highest BCUT2D eigenvalue weighted by Gasteiger charge is 2.28. The Morgan fingerprint density at radius 1 is 1.29 bits per heavy atom. The van der Waals surface area contributed by atoms with E-state index in [1.807, 2.05) is 20.8 Å². The molecular formula is C11H13Cl3N2O. The third kappa shape index (κ3) is 3.26. The maximum atomic E-state index is 12.2. The van der Waals surface area contributed by atoms with Crippen molar-refractivity contribution in [1.82, 2.24) is 9.95 Å². The Labute approximate surface area is 116 Å². The fourth-order valence-electron chi connectivity index (χ4n) is 1.26. The lowest BCUT2D eigenvalue weighted by Crippen LogP contribution is -2.50. The van der Waals surface area contributed by atoms with Crippen LogP contribution in [0.3, 0.4) is 0 Å². The van der Waals surface area contributed by atoms with Crippen molar-refractivity contribution in [2.75, 3.05) is 0 Å². The SMILES string of the molecule is CC(C)(C)N(NCl)C(=O)c1cccc(Cl)c1Cl. The smallest absolute Gasteiger partial charge is 0.267 e. The minimum atomic E-state index is -0.482. The highest BCUT2D eigenvalue weighted by molar-refractivity contribution is 6.43. The van der Waals surface area contributed by atoms with Gasteiger partial charge in [0, 0.05) is 0 Å². The Morgan fingerprint density at radius 2 is 1.88 bits per heavy atom. The van der Waals surface area contributed by atoms with Crippen molar-refractivity contribution < 1.29 is 4.79 Å². The van der Waals surface area contributed by atoms with E-state index in [9.17, 15) is 4.79 Å². The van der Waals surface area contributed by atoms with Crippen molar-refractivity contribution in [2.45, 2.75) is 26.3 Å². The van der Waals surface area contributed by atoms with Crippen LogP contribution in [0, 0.1) is 0 Å². The molecule has 1 aromatic carbocycles. The molecule has 0 aromatic heterocycles. The molecule has 1 aromatic rings. The summed E-state index contributed by atoms with van der Waals surface area (Å²) in [6.45, 7) is 5.54. The summed E-state index contributed by atoms with van der Waals surface area (Å²) in [7, 11) is 0. The van der Waals surface area contributed by atoms with E-state index >= 15 is 0 Å². The molecule has 0 atom stereocenters. The first-order chi connectivity index (χ1) is 7.79. The standard InChI is InChI=1S/C11H13Cl3N2O/c1-11(2,3)16(15-14)10(17)7-5-4-6-8(12)9(7)13/h4-6,15H,1-3H3. The van der Waals surface area contributed by atoms with E-state index in [-0.39, 0.29) is 10.9 Å². The average Bonchev–Trinajstić information content (AvgIpc) is 2.20. The number of benzene rings is 1. The summed E-state index contributed by atoms with van der Waals surface area (Å²) >= 11 is 17.4. The molecule has 0 bridgehead atoms. The molecule has 0 heterocycles. The van der Waals surface area contributed by atoms with Gasteiger partial charge >= 0.3 is 0 Å². The van der Waals surface area contributed by atoms with Gasteiger partial charge in [0.25, 0.3) is 5.91 Å². The van der Waals surface area contributed by atoms with Crippen LogP contribution in [0.5, 0.6) is 0 Å². The van der Waals surface area contributed by atoms with Crippen LogP contribution in [0.2, 0.25) is 10.0 Å². The molecule has 0 radical (unpaired) electrons. The maximum absolute atomic E-state index is 12.2. The van der Waals surface area contributed by atoms with E-state index in [4.69, 9.17) is 35.0 Å². The van der Waals surface area contributed by atoms with E-state index < -0.39 is 5.54 Å². The molecule has 0 aliphatic heterocycles. The molecule has 0 unspecified atom stereocenters. The van der Waals surface area contributed by atoms with Crippen LogP contribution >= 0.6 is 35.0 Å². The van der Waals surface area contributed by atoms with Gasteiger partial charge in [0.1, 0.15) is 0 Å². The summed E-state index contributed by atoms with van der Waals surface area (Å²) in [4.78, 5) is 14.6. The number of halogens is 3. The number of amides is 1. The third-order valence-electron chi connectivity index (χ3n) is 2.14. The number of hydrazine groups is 1. The molecule has 1 amide bonds. The van der Waals surface area contributed by atoms with Gasteiger partial charge in [0.05, 0.1) is 21.1 Å². The summed E-state index contributed by atoms with van der Waals surface area (Å²) in [5.41, 5.74) is -0.174. The Kier molecular flexibility index (Phi) is 4.67. The molecule has 94 valence electrons. The van der Waals surface area contributed by atoms with E-state index in [0.717, 1.165) is 0 Å². The zero-order valence-corrected chi connectivity index (χ0v) is 12.0. The zero-order valence-electron chi connectivity index (χ0n) is 9.72. The second-order valence-electron chi connectivity index (χ2n) is 4.50. The molecule has 0 saturated heterocycles. The topological polar surface area (TPSA) is 32.3 Å². The molecule has 0 aliphatic rings. The Morgan fingerprint density at radius 3 is 2.35 bits per heavy atom. The van der Waals surface area contributed by atoms with Crippen molar-refractivity contribution >= 4 is 40.9 Å². The van der Waals surface area contributed by atoms with Crippen LogP contribution < -0.4 is 4.94 Å². The highest BCUT2D eigenvalue weighted by Crippen LogP contribution is 2.27. The van der Waals surface area contributed by atoms with Gasteiger partial charge in [0.2, 0.25) is 0 Å². The number of nitrogens with zero attached hydrogens (tertiary/aromatic N) is 1. The fraction of sp³-hybridized carbons (Fsp3) is 0.364. The van der Waals surface area contributed by atoms with Gasteiger partial charge in [-0.25, -0.2) is 0 Å². The highest BCUT2D eigenvalue weighted by atomic mass is 35.5. The van der Waals surface area contributed by atoms with Gasteiger partial charge < -0.3 is 0 Å². The molecule has 0 saturated carbocycles. The van der Waals surface area contributed by atoms with E-state index in [2.05, 4.69) is 4.94 Å². The molecule has 1 rings (SSSR count). The minimum absolute atomic E-state index is 0.223. The summed E-state index contributed by atoms with van der Waals surface area (Å²) in [5, 5.41) is 1.84. The molecule has 6 heteroatoms. The van der Waals surface area contributed by atoms with Crippen molar-refractivity contribution in [3.63, 3.8) is 0 Å². The van der Waals surface area contributed by atoms with Crippen molar-refractivity contribution in [1.29, 1.82) is 0 Å². The van der Waals surface area contributed by atoms with Gasteiger partial charge in [-0.15, -0.1) is 4.94 Å². The molecule has 0 aliphatic carbocycles. The minimum Gasteiger partial charge on any atom is -0.267 e. The normalized spacial score (nSPS) is 11.4. The van der Waals surface area contributed by atoms with E-state index in [1.165, 1.54) is 5.01 Å². The molecule has 0 fully saturated rings. The van der Waals surface area contributed by atoms with Crippen LogP contribution in [0.4, 0.5) is 0 Å². The van der Waals surface area contributed by atoms with Crippen LogP contribution in [-0.2, 0) is 0 Å². The molecule has 3 nitrogen and oxygen atoms in total. The zero-order chi connectivity index (χ0) is 13.2. The first kappa shape index (κ1) is 14.6. The number of nitrogens with one attached hydrogen (secondary N) is 1.